The van der Waals surface area contributed by atoms with E-state index in [1.165, 1.54) is 25.2 Å². The SMILES string of the molecule is CSc1cnc(NCC(C)CNc2nc3ccc(C(=O)NC(C)(C)C(=O)O)cc3s2)nc1. The Morgan fingerprint density at radius 1 is 1.19 bits per heavy atom. The summed E-state index contributed by atoms with van der Waals surface area (Å²) in [4.78, 5) is 37.8. The molecule has 11 heteroatoms. The molecule has 0 fully saturated rings. The third-order valence-corrected chi connectivity index (χ3v) is 6.34. The summed E-state index contributed by atoms with van der Waals surface area (Å²) in [7, 11) is 0. The highest BCUT2D eigenvalue weighted by molar-refractivity contribution is 7.98. The van der Waals surface area contributed by atoms with Gasteiger partial charge in [0, 0.05) is 35.9 Å². The lowest BCUT2D eigenvalue weighted by Gasteiger charge is -2.20. The average Bonchev–Trinajstić information content (AvgIpc) is 3.18. The van der Waals surface area contributed by atoms with Crippen molar-refractivity contribution in [3.8, 4) is 0 Å². The second-order valence-electron chi connectivity index (χ2n) is 7.90. The lowest BCUT2D eigenvalue weighted by Crippen LogP contribution is -2.49. The fraction of sp³-hybridized carbons (Fsp3) is 0.381. The number of carboxylic acids is 1. The van der Waals surface area contributed by atoms with Gasteiger partial charge in [0.05, 0.1) is 10.2 Å². The van der Waals surface area contributed by atoms with Crippen molar-refractivity contribution in [3.63, 3.8) is 0 Å². The largest absolute Gasteiger partial charge is 0.480 e. The smallest absolute Gasteiger partial charge is 0.328 e. The van der Waals surface area contributed by atoms with Crippen LogP contribution in [-0.2, 0) is 4.79 Å². The molecule has 0 saturated heterocycles. The van der Waals surface area contributed by atoms with Gasteiger partial charge in [-0.3, -0.25) is 4.79 Å². The zero-order chi connectivity index (χ0) is 23.3. The highest BCUT2D eigenvalue weighted by atomic mass is 32.2. The van der Waals surface area contributed by atoms with Crippen LogP contribution in [0.1, 0.15) is 31.1 Å². The van der Waals surface area contributed by atoms with Gasteiger partial charge in [0.25, 0.3) is 5.91 Å². The first-order valence-corrected chi connectivity index (χ1v) is 12.0. The molecule has 0 bridgehead atoms. The van der Waals surface area contributed by atoms with Gasteiger partial charge >= 0.3 is 5.97 Å². The van der Waals surface area contributed by atoms with Crippen LogP contribution < -0.4 is 16.0 Å². The molecule has 4 N–H and O–H groups in total. The van der Waals surface area contributed by atoms with Crippen LogP contribution >= 0.6 is 23.1 Å². The van der Waals surface area contributed by atoms with Gasteiger partial charge in [-0.25, -0.2) is 19.7 Å². The molecule has 9 nitrogen and oxygen atoms in total. The Morgan fingerprint density at radius 2 is 1.88 bits per heavy atom. The van der Waals surface area contributed by atoms with Crippen molar-refractivity contribution in [3.05, 3.63) is 36.2 Å². The Morgan fingerprint density at radius 3 is 2.53 bits per heavy atom. The maximum absolute atomic E-state index is 12.4. The predicted molar refractivity (Wildman–Crippen MR) is 129 cm³/mol. The van der Waals surface area contributed by atoms with E-state index in [2.05, 4.69) is 37.8 Å². The Balaban J connectivity index is 1.56. The highest BCUT2D eigenvalue weighted by Crippen LogP contribution is 2.27. The third kappa shape index (κ3) is 6.07. The van der Waals surface area contributed by atoms with Crippen LogP contribution in [0, 0.1) is 5.92 Å². The Kier molecular flexibility index (Phi) is 7.52. The maximum atomic E-state index is 12.4. The van der Waals surface area contributed by atoms with Gasteiger partial charge in [0.2, 0.25) is 5.95 Å². The van der Waals surface area contributed by atoms with Crippen molar-refractivity contribution in [2.75, 3.05) is 30.0 Å². The van der Waals surface area contributed by atoms with Gasteiger partial charge in [-0.2, -0.15) is 0 Å². The van der Waals surface area contributed by atoms with Crippen molar-refractivity contribution < 1.29 is 14.7 Å². The average molecular weight is 475 g/mol. The molecule has 2 aromatic heterocycles. The molecule has 0 spiro atoms. The molecule has 2 heterocycles. The van der Waals surface area contributed by atoms with Crippen LogP contribution in [-0.4, -0.2) is 56.8 Å². The second kappa shape index (κ2) is 10.1. The van der Waals surface area contributed by atoms with Crippen LogP contribution in [0.4, 0.5) is 11.1 Å². The van der Waals surface area contributed by atoms with Crippen LogP contribution in [0.2, 0.25) is 0 Å². The van der Waals surface area contributed by atoms with Crippen molar-refractivity contribution in [2.45, 2.75) is 31.2 Å². The van der Waals surface area contributed by atoms with Crippen molar-refractivity contribution >= 4 is 56.3 Å². The van der Waals surface area contributed by atoms with E-state index in [9.17, 15) is 14.7 Å². The molecular formula is C21H26N6O3S2. The lowest BCUT2D eigenvalue weighted by atomic mass is 10.1. The molecule has 1 amide bonds. The first-order chi connectivity index (χ1) is 15.2. The predicted octanol–water partition coefficient (Wildman–Crippen LogP) is 3.56. The summed E-state index contributed by atoms with van der Waals surface area (Å²) in [5, 5.41) is 19.1. The van der Waals surface area contributed by atoms with E-state index in [0.717, 1.165) is 20.2 Å². The van der Waals surface area contributed by atoms with Crippen LogP contribution in [0.15, 0.2) is 35.5 Å². The summed E-state index contributed by atoms with van der Waals surface area (Å²) < 4.78 is 0.848. The molecule has 1 aromatic carbocycles. The Labute approximate surface area is 194 Å². The van der Waals surface area contributed by atoms with Crippen LogP contribution in [0.5, 0.6) is 0 Å². The van der Waals surface area contributed by atoms with Crippen molar-refractivity contribution in [1.29, 1.82) is 0 Å². The van der Waals surface area contributed by atoms with E-state index in [1.807, 2.05) is 6.26 Å². The monoisotopic (exact) mass is 474 g/mol. The molecule has 3 rings (SSSR count). The zero-order valence-corrected chi connectivity index (χ0v) is 19.9. The molecule has 0 aliphatic carbocycles. The Hall–Kier alpha value is -2.92. The lowest BCUT2D eigenvalue weighted by molar-refractivity contribution is -0.143. The van der Waals surface area contributed by atoms with Gasteiger partial charge in [-0.15, -0.1) is 11.8 Å². The normalized spacial score (nSPS) is 12.4. The second-order valence-corrected chi connectivity index (χ2v) is 9.81. The van der Waals surface area contributed by atoms with Gasteiger partial charge < -0.3 is 21.1 Å². The molecule has 1 unspecified atom stereocenters. The number of carboxylic acid groups (broad SMARTS) is 1. The zero-order valence-electron chi connectivity index (χ0n) is 18.3. The molecule has 170 valence electrons. The fourth-order valence-electron chi connectivity index (χ4n) is 2.66. The molecule has 3 aromatic rings. The number of carbonyl (C=O) groups excluding carboxylic acids is 1. The number of thioether (sulfide) groups is 1. The molecule has 32 heavy (non-hydrogen) atoms. The number of amides is 1. The van der Waals surface area contributed by atoms with Crippen LogP contribution in [0.25, 0.3) is 10.2 Å². The number of fused-ring (bicyclic) bond motifs is 1. The number of hydrogen-bond donors (Lipinski definition) is 4. The summed E-state index contributed by atoms with van der Waals surface area (Å²) in [6.07, 6.45) is 5.57. The summed E-state index contributed by atoms with van der Waals surface area (Å²) in [6.45, 7) is 6.41. The van der Waals surface area contributed by atoms with E-state index in [0.29, 0.717) is 30.5 Å². The summed E-state index contributed by atoms with van der Waals surface area (Å²) in [6, 6.07) is 5.14. The standard InChI is InChI=1S/C21H26N6O3S2/c1-12(8-22-19-23-10-14(31-4)11-24-19)9-25-20-26-15-6-5-13(7-16(15)32-20)17(28)27-21(2,3)18(29)30/h5-7,10-12H,8-9H2,1-4H3,(H,25,26)(H,27,28)(H,29,30)(H,22,23,24). The maximum Gasteiger partial charge on any atom is 0.328 e. The van der Waals surface area contributed by atoms with E-state index in [1.54, 1.807) is 42.4 Å². The number of nitrogens with zero attached hydrogens (tertiary/aromatic N) is 3. The van der Waals surface area contributed by atoms with E-state index in [-0.39, 0.29) is 0 Å². The summed E-state index contributed by atoms with van der Waals surface area (Å²) in [5.74, 6) is -0.630. The number of nitrogens with one attached hydrogen (secondary N) is 3. The molecule has 0 aliphatic rings. The number of hydrogen-bond acceptors (Lipinski definition) is 9. The molecule has 0 radical (unpaired) electrons. The molecule has 0 aliphatic heterocycles. The molecule has 1 atom stereocenters. The minimum Gasteiger partial charge on any atom is -0.480 e. The Bertz CT molecular complexity index is 1100. The minimum atomic E-state index is -1.35. The van der Waals surface area contributed by atoms with Crippen LogP contribution in [0.3, 0.4) is 0 Å². The number of aliphatic carboxylic acids is 1. The third-order valence-electron chi connectivity index (χ3n) is 4.69. The minimum absolute atomic E-state index is 0.297. The van der Waals surface area contributed by atoms with E-state index < -0.39 is 17.4 Å². The first-order valence-electron chi connectivity index (χ1n) is 9.98. The van der Waals surface area contributed by atoms with E-state index in [4.69, 9.17) is 0 Å². The quantitative estimate of drug-likeness (QED) is 0.326. The van der Waals surface area contributed by atoms with Gasteiger partial charge in [0.1, 0.15) is 5.54 Å². The van der Waals surface area contributed by atoms with Gasteiger partial charge in [0.15, 0.2) is 5.13 Å². The number of thiazole rings is 1. The number of aromatic nitrogens is 3. The highest BCUT2D eigenvalue weighted by Gasteiger charge is 2.29. The van der Waals surface area contributed by atoms with Gasteiger partial charge in [-0.1, -0.05) is 18.3 Å². The first kappa shape index (κ1) is 23.7. The number of anilines is 2. The van der Waals surface area contributed by atoms with E-state index >= 15 is 0 Å². The number of rotatable bonds is 10. The molecule has 0 saturated carbocycles. The van der Waals surface area contributed by atoms with Crippen molar-refractivity contribution in [2.24, 2.45) is 5.92 Å². The fourth-order valence-corrected chi connectivity index (χ4v) is 3.89. The number of benzene rings is 1. The van der Waals surface area contributed by atoms with Crippen molar-refractivity contribution in [1.82, 2.24) is 20.3 Å². The molecular weight excluding hydrogens is 448 g/mol. The number of carbonyl (C=O) groups is 2. The summed E-state index contributed by atoms with van der Waals surface area (Å²) >= 11 is 3.05. The topological polar surface area (TPSA) is 129 Å². The van der Waals surface area contributed by atoms with Gasteiger partial charge in [-0.05, 0) is 44.2 Å². The summed E-state index contributed by atoms with van der Waals surface area (Å²) in [5.41, 5.74) is -0.176.